The number of rotatable bonds is 6. The summed E-state index contributed by atoms with van der Waals surface area (Å²) in [5, 5.41) is 6.49. The van der Waals surface area contributed by atoms with E-state index in [0.29, 0.717) is 12.1 Å². The summed E-state index contributed by atoms with van der Waals surface area (Å²) in [4.78, 5) is 11.8. The Labute approximate surface area is 111 Å². The lowest BCUT2D eigenvalue weighted by Crippen LogP contribution is -2.24. The summed E-state index contributed by atoms with van der Waals surface area (Å²) in [5.74, 6) is 0.664. The largest absolute Gasteiger partial charge is 0.497 e. The quantitative estimate of drug-likeness (QED) is 0.807. The Morgan fingerprint density at radius 2 is 2.16 bits per heavy atom. The predicted molar refractivity (Wildman–Crippen MR) is 70.2 cm³/mol. The number of amides is 1. The minimum Gasteiger partial charge on any atom is -0.497 e. The van der Waals surface area contributed by atoms with Crippen molar-refractivity contribution in [3.8, 4) is 5.75 Å². The van der Waals surface area contributed by atoms with E-state index in [1.54, 1.807) is 43.8 Å². The van der Waals surface area contributed by atoms with Crippen molar-refractivity contribution in [3.63, 3.8) is 0 Å². The zero-order chi connectivity index (χ0) is 13.5. The summed E-state index contributed by atoms with van der Waals surface area (Å²) >= 11 is 0. The number of nitrogens with zero attached hydrogens (tertiary/aromatic N) is 1. The van der Waals surface area contributed by atoms with Crippen molar-refractivity contribution in [2.45, 2.75) is 12.8 Å². The number of benzene rings is 1. The molecule has 0 aliphatic rings. The molecule has 1 N–H and O–H groups in total. The van der Waals surface area contributed by atoms with E-state index >= 15 is 0 Å². The molecule has 0 aliphatic heterocycles. The summed E-state index contributed by atoms with van der Waals surface area (Å²) in [6.07, 6.45) is 4.99. The Morgan fingerprint density at radius 1 is 1.37 bits per heavy atom. The van der Waals surface area contributed by atoms with Gasteiger partial charge in [-0.2, -0.15) is 0 Å². The van der Waals surface area contributed by atoms with Gasteiger partial charge < -0.3 is 14.6 Å². The van der Waals surface area contributed by atoms with E-state index in [1.807, 2.05) is 0 Å². The van der Waals surface area contributed by atoms with E-state index in [0.717, 1.165) is 24.2 Å². The van der Waals surface area contributed by atoms with Crippen LogP contribution in [0.25, 0.3) is 0 Å². The van der Waals surface area contributed by atoms with Gasteiger partial charge in [0, 0.05) is 17.7 Å². The molecule has 5 nitrogen and oxygen atoms in total. The zero-order valence-electron chi connectivity index (χ0n) is 10.8. The molecule has 1 aromatic carbocycles. The third-order valence-electron chi connectivity index (χ3n) is 2.76. The number of methoxy groups -OCH3 is 1. The monoisotopic (exact) mass is 260 g/mol. The van der Waals surface area contributed by atoms with Gasteiger partial charge in [0.25, 0.3) is 5.91 Å². The first-order chi connectivity index (χ1) is 9.29. The fraction of sp³-hybridized carbons (Fsp3) is 0.286. The van der Waals surface area contributed by atoms with E-state index in [4.69, 9.17) is 9.26 Å². The molecule has 0 spiro atoms. The van der Waals surface area contributed by atoms with Crippen molar-refractivity contribution in [2.24, 2.45) is 0 Å². The Hall–Kier alpha value is -2.30. The fourth-order valence-electron chi connectivity index (χ4n) is 1.69. The van der Waals surface area contributed by atoms with Crippen LogP contribution in [0.1, 0.15) is 22.3 Å². The Kier molecular flexibility index (Phi) is 4.55. The van der Waals surface area contributed by atoms with Gasteiger partial charge in [0.05, 0.1) is 13.3 Å². The number of aromatic nitrogens is 1. The van der Waals surface area contributed by atoms with Gasteiger partial charge in [-0.15, -0.1) is 0 Å². The molecule has 0 bridgehead atoms. The van der Waals surface area contributed by atoms with Gasteiger partial charge >= 0.3 is 0 Å². The van der Waals surface area contributed by atoms with Crippen LogP contribution in [0.5, 0.6) is 5.75 Å². The van der Waals surface area contributed by atoms with E-state index in [2.05, 4.69) is 10.5 Å². The van der Waals surface area contributed by atoms with Crippen molar-refractivity contribution >= 4 is 5.91 Å². The molecule has 0 radical (unpaired) electrons. The van der Waals surface area contributed by atoms with Crippen molar-refractivity contribution in [1.29, 1.82) is 0 Å². The maximum absolute atomic E-state index is 11.8. The van der Waals surface area contributed by atoms with Crippen molar-refractivity contribution in [3.05, 3.63) is 47.9 Å². The third kappa shape index (κ3) is 3.84. The van der Waals surface area contributed by atoms with Crippen LogP contribution in [0.2, 0.25) is 0 Å². The molecule has 2 aromatic rings. The number of aryl methyl sites for hydroxylation is 1. The second kappa shape index (κ2) is 6.58. The molecular formula is C14H16N2O3. The molecule has 0 unspecified atom stereocenters. The van der Waals surface area contributed by atoms with Crippen LogP contribution >= 0.6 is 0 Å². The molecule has 0 aliphatic carbocycles. The van der Waals surface area contributed by atoms with E-state index in [-0.39, 0.29) is 5.91 Å². The van der Waals surface area contributed by atoms with E-state index < -0.39 is 0 Å². The van der Waals surface area contributed by atoms with Gasteiger partial charge in [-0.05, 0) is 37.1 Å². The number of carbonyl (C=O) groups is 1. The predicted octanol–water partition coefficient (Wildman–Crippen LogP) is 2.05. The Balaban J connectivity index is 1.74. The van der Waals surface area contributed by atoms with Crippen molar-refractivity contribution in [2.75, 3.05) is 13.7 Å². The third-order valence-corrected chi connectivity index (χ3v) is 2.76. The molecule has 5 heteroatoms. The maximum atomic E-state index is 11.8. The first-order valence-corrected chi connectivity index (χ1v) is 6.10. The van der Waals surface area contributed by atoms with Gasteiger partial charge in [0.15, 0.2) is 0 Å². The first-order valence-electron chi connectivity index (χ1n) is 6.10. The molecule has 0 saturated carbocycles. The number of carbonyl (C=O) groups excluding carboxylic acids is 1. The summed E-state index contributed by atoms with van der Waals surface area (Å²) < 4.78 is 9.78. The first kappa shape index (κ1) is 13.1. The summed E-state index contributed by atoms with van der Waals surface area (Å²) in [5.41, 5.74) is 1.67. The molecule has 0 fully saturated rings. The van der Waals surface area contributed by atoms with Gasteiger partial charge in [-0.25, -0.2) is 0 Å². The highest BCUT2D eigenvalue weighted by Crippen LogP contribution is 2.11. The molecule has 1 aromatic heterocycles. The smallest absolute Gasteiger partial charge is 0.251 e. The summed E-state index contributed by atoms with van der Waals surface area (Å²) in [6.45, 7) is 0.621. The van der Waals surface area contributed by atoms with Gasteiger partial charge in [0.2, 0.25) is 0 Å². The molecule has 100 valence electrons. The lowest BCUT2D eigenvalue weighted by molar-refractivity contribution is 0.0953. The highest BCUT2D eigenvalue weighted by atomic mass is 16.5. The molecule has 0 saturated heterocycles. The number of nitrogens with one attached hydrogen (secondary N) is 1. The zero-order valence-corrected chi connectivity index (χ0v) is 10.8. The molecule has 0 atom stereocenters. The lowest BCUT2D eigenvalue weighted by atomic mass is 10.2. The lowest BCUT2D eigenvalue weighted by Gasteiger charge is -2.05. The van der Waals surface area contributed by atoms with Gasteiger partial charge in [-0.3, -0.25) is 4.79 Å². The minimum absolute atomic E-state index is 0.0760. The highest BCUT2D eigenvalue weighted by Gasteiger charge is 2.04. The Bertz CT molecular complexity index is 506. The van der Waals surface area contributed by atoms with Crippen LogP contribution in [0.3, 0.4) is 0 Å². The van der Waals surface area contributed by atoms with Crippen LogP contribution < -0.4 is 10.1 Å². The fourth-order valence-corrected chi connectivity index (χ4v) is 1.69. The second-order valence-electron chi connectivity index (χ2n) is 4.12. The van der Waals surface area contributed by atoms with Crippen LogP contribution in [-0.2, 0) is 6.42 Å². The average molecular weight is 260 g/mol. The number of hydrogen-bond acceptors (Lipinski definition) is 4. The van der Waals surface area contributed by atoms with Crippen LogP contribution in [0.4, 0.5) is 0 Å². The highest BCUT2D eigenvalue weighted by molar-refractivity contribution is 5.94. The Morgan fingerprint density at radius 3 is 2.79 bits per heavy atom. The van der Waals surface area contributed by atoms with Crippen LogP contribution in [0.15, 0.2) is 41.2 Å². The number of hydrogen-bond donors (Lipinski definition) is 1. The minimum atomic E-state index is -0.0760. The average Bonchev–Trinajstić information content (AvgIpc) is 2.96. The SMILES string of the molecule is COc1ccc(C(=O)NCCCc2cnoc2)cc1. The molecule has 19 heavy (non-hydrogen) atoms. The molecular weight excluding hydrogens is 244 g/mol. The topological polar surface area (TPSA) is 64.4 Å². The molecule has 1 amide bonds. The van der Waals surface area contributed by atoms with E-state index in [9.17, 15) is 4.79 Å². The van der Waals surface area contributed by atoms with E-state index in [1.165, 1.54) is 0 Å². The van der Waals surface area contributed by atoms with Crippen LogP contribution in [-0.4, -0.2) is 24.7 Å². The normalized spacial score (nSPS) is 10.2. The van der Waals surface area contributed by atoms with Crippen molar-refractivity contribution in [1.82, 2.24) is 10.5 Å². The summed E-state index contributed by atoms with van der Waals surface area (Å²) in [7, 11) is 1.60. The van der Waals surface area contributed by atoms with Crippen molar-refractivity contribution < 1.29 is 14.1 Å². The van der Waals surface area contributed by atoms with Crippen LogP contribution in [0, 0.1) is 0 Å². The standard InChI is InChI=1S/C14H16N2O3/c1-18-13-6-4-12(5-7-13)14(17)15-8-2-3-11-9-16-19-10-11/h4-7,9-10H,2-3,8H2,1H3,(H,15,17). The molecule has 2 rings (SSSR count). The second-order valence-corrected chi connectivity index (χ2v) is 4.12. The molecule has 1 heterocycles. The van der Waals surface area contributed by atoms with Gasteiger partial charge in [-0.1, -0.05) is 5.16 Å². The van der Waals surface area contributed by atoms with Gasteiger partial charge in [0.1, 0.15) is 12.0 Å². The maximum Gasteiger partial charge on any atom is 0.251 e. The summed E-state index contributed by atoms with van der Waals surface area (Å²) in [6, 6.07) is 7.03. The number of ether oxygens (including phenoxy) is 1.